The lowest BCUT2D eigenvalue weighted by Gasteiger charge is -2.44. The number of halogens is 1. The lowest BCUT2D eigenvalue weighted by atomic mass is 9.92. The van der Waals surface area contributed by atoms with E-state index in [1.165, 1.54) is 19.3 Å². The molecule has 7 heteroatoms. The number of hydrogen-bond acceptors (Lipinski definition) is 4. The van der Waals surface area contributed by atoms with Crippen LogP contribution in [0.15, 0.2) is 12.4 Å². The summed E-state index contributed by atoms with van der Waals surface area (Å²) >= 11 is 2.06. The molecule has 0 bridgehead atoms. The molecule has 1 N–H and O–H groups in total. The van der Waals surface area contributed by atoms with Crippen molar-refractivity contribution in [1.29, 1.82) is 0 Å². The number of thioether (sulfide) groups is 1. The molecule has 1 aliphatic heterocycles. The van der Waals surface area contributed by atoms with Crippen molar-refractivity contribution >= 4 is 30.1 Å². The van der Waals surface area contributed by atoms with Crippen molar-refractivity contribution in [2.24, 2.45) is 7.05 Å². The number of likely N-dealkylation sites (N-methyl/N-ethyl adjacent to an activating group) is 1. The van der Waals surface area contributed by atoms with E-state index in [4.69, 9.17) is 0 Å². The van der Waals surface area contributed by atoms with Crippen LogP contribution in [0.2, 0.25) is 0 Å². The Morgan fingerprint density at radius 3 is 2.91 bits per heavy atom. The predicted molar refractivity (Wildman–Crippen MR) is 92.5 cm³/mol. The van der Waals surface area contributed by atoms with Gasteiger partial charge in [-0.1, -0.05) is 12.8 Å². The third-order valence-electron chi connectivity index (χ3n) is 4.61. The topological polar surface area (TPSA) is 50.2 Å². The monoisotopic (exact) mass is 344 g/mol. The van der Waals surface area contributed by atoms with Gasteiger partial charge in [0.25, 0.3) is 0 Å². The van der Waals surface area contributed by atoms with Crippen molar-refractivity contribution in [3.8, 4) is 0 Å². The first kappa shape index (κ1) is 17.6. The molecule has 1 saturated carbocycles. The summed E-state index contributed by atoms with van der Waals surface area (Å²) < 4.78 is 1.75. The fourth-order valence-electron chi connectivity index (χ4n) is 3.56. The van der Waals surface area contributed by atoms with Crippen LogP contribution in [-0.4, -0.2) is 51.2 Å². The van der Waals surface area contributed by atoms with E-state index in [-0.39, 0.29) is 24.4 Å². The lowest BCUT2D eigenvalue weighted by Crippen LogP contribution is -2.54. The Bertz CT molecular complexity index is 507. The SMILES string of the molecule is CNC(C(=O)N1CCSC2CCCCC21)c1cnn(C)c1.Cl. The molecule has 1 amide bonds. The number of rotatable bonds is 3. The molecule has 1 aliphatic carbocycles. The van der Waals surface area contributed by atoms with E-state index in [2.05, 4.69) is 27.1 Å². The summed E-state index contributed by atoms with van der Waals surface area (Å²) in [4.78, 5) is 15.1. The summed E-state index contributed by atoms with van der Waals surface area (Å²) in [5, 5.41) is 8.01. The molecule has 3 rings (SSSR count). The zero-order valence-corrected chi connectivity index (χ0v) is 14.8. The summed E-state index contributed by atoms with van der Waals surface area (Å²) in [6, 6.07) is 0.155. The maximum atomic E-state index is 13.0. The fraction of sp³-hybridized carbons (Fsp3) is 0.733. The minimum Gasteiger partial charge on any atom is -0.336 e. The minimum absolute atomic E-state index is 0. The molecule has 0 aromatic carbocycles. The van der Waals surface area contributed by atoms with Crippen molar-refractivity contribution < 1.29 is 4.79 Å². The number of hydrogen-bond donors (Lipinski definition) is 1. The van der Waals surface area contributed by atoms with E-state index in [0.717, 1.165) is 24.3 Å². The lowest BCUT2D eigenvalue weighted by molar-refractivity contribution is -0.136. The normalized spacial score (nSPS) is 26.0. The number of aromatic nitrogens is 2. The van der Waals surface area contributed by atoms with Crippen LogP contribution in [0.4, 0.5) is 0 Å². The van der Waals surface area contributed by atoms with Gasteiger partial charge in [-0.25, -0.2) is 0 Å². The Morgan fingerprint density at radius 1 is 1.45 bits per heavy atom. The predicted octanol–water partition coefficient (Wildman–Crippen LogP) is 1.99. The van der Waals surface area contributed by atoms with Crippen molar-refractivity contribution in [3.63, 3.8) is 0 Å². The largest absolute Gasteiger partial charge is 0.336 e. The van der Waals surface area contributed by atoms with E-state index in [9.17, 15) is 4.79 Å². The van der Waals surface area contributed by atoms with Gasteiger partial charge in [0.05, 0.1) is 6.20 Å². The molecule has 3 unspecified atom stereocenters. The second-order valence-corrected chi connectivity index (χ2v) is 7.31. The van der Waals surface area contributed by atoms with Crippen LogP contribution < -0.4 is 5.32 Å². The van der Waals surface area contributed by atoms with Gasteiger partial charge in [0, 0.05) is 42.4 Å². The number of carbonyl (C=O) groups is 1. The van der Waals surface area contributed by atoms with E-state index in [1.54, 1.807) is 10.9 Å². The second-order valence-electron chi connectivity index (χ2n) is 5.96. The standard InChI is InChI=1S/C15H24N4OS.ClH/c1-16-14(11-9-17-18(2)10-11)15(20)19-7-8-21-13-6-4-3-5-12(13)19;/h9-10,12-14,16H,3-8H2,1-2H3;1H. The van der Waals surface area contributed by atoms with Gasteiger partial charge in [0.15, 0.2) is 0 Å². The van der Waals surface area contributed by atoms with Gasteiger partial charge in [-0.2, -0.15) is 16.9 Å². The van der Waals surface area contributed by atoms with Crippen LogP contribution >= 0.6 is 24.2 Å². The number of fused-ring (bicyclic) bond motifs is 1. The molecule has 0 spiro atoms. The van der Waals surface area contributed by atoms with Crippen molar-refractivity contribution in [2.45, 2.75) is 43.0 Å². The van der Waals surface area contributed by atoms with Gasteiger partial charge in [-0.3, -0.25) is 9.48 Å². The quantitative estimate of drug-likeness (QED) is 0.911. The summed E-state index contributed by atoms with van der Waals surface area (Å²) in [6.07, 6.45) is 8.70. The smallest absolute Gasteiger partial charge is 0.244 e. The van der Waals surface area contributed by atoms with Crippen molar-refractivity contribution in [1.82, 2.24) is 20.0 Å². The van der Waals surface area contributed by atoms with Crippen LogP contribution in [0.3, 0.4) is 0 Å². The third kappa shape index (κ3) is 3.44. The second kappa shape index (κ2) is 7.70. The van der Waals surface area contributed by atoms with Crippen LogP contribution in [0, 0.1) is 0 Å². The molecule has 22 heavy (non-hydrogen) atoms. The summed E-state index contributed by atoms with van der Waals surface area (Å²) in [5.74, 6) is 1.28. The first-order chi connectivity index (χ1) is 10.2. The van der Waals surface area contributed by atoms with E-state index >= 15 is 0 Å². The first-order valence-corrected chi connectivity index (χ1v) is 8.83. The van der Waals surface area contributed by atoms with E-state index in [1.807, 2.05) is 20.3 Å². The van der Waals surface area contributed by atoms with Gasteiger partial charge >= 0.3 is 0 Å². The van der Waals surface area contributed by atoms with Crippen LogP contribution in [0.1, 0.15) is 37.3 Å². The number of nitrogens with one attached hydrogen (secondary N) is 1. The zero-order chi connectivity index (χ0) is 14.8. The molecule has 3 atom stereocenters. The van der Waals surface area contributed by atoms with Gasteiger partial charge in [-0.15, -0.1) is 12.4 Å². The Morgan fingerprint density at radius 2 is 2.23 bits per heavy atom. The molecule has 2 fully saturated rings. The highest BCUT2D eigenvalue weighted by Gasteiger charge is 2.38. The molecule has 124 valence electrons. The minimum atomic E-state index is -0.274. The zero-order valence-electron chi connectivity index (χ0n) is 13.2. The average molecular weight is 345 g/mol. The Labute approximate surface area is 142 Å². The molecular formula is C15H25ClN4OS. The number of carbonyl (C=O) groups excluding carboxylic acids is 1. The maximum absolute atomic E-state index is 13.0. The highest BCUT2D eigenvalue weighted by molar-refractivity contribution is 8.00. The first-order valence-electron chi connectivity index (χ1n) is 7.78. The van der Waals surface area contributed by atoms with Gasteiger partial charge in [0.2, 0.25) is 5.91 Å². The van der Waals surface area contributed by atoms with Crippen molar-refractivity contribution in [2.75, 3.05) is 19.3 Å². The number of aryl methyl sites for hydroxylation is 1. The third-order valence-corrected chi connectivity index (χ3v) is 6.01. The average Bonchev–Trinajstić information content (AvgIpc) is 2.93. The Hall–Kier alpha value is -0.720. The molecule has 5 nitrogen and oxygen atoms in total. The van der Waals surface area contributed by atoms with Crippen LogP contribution in [0.5, 0.6) is 0 Å². The molecule has 1 aromatic heterocycles. The summed E-state index contributed by atoms with van der Waals surface area (Å²) in [7, 11) is 3.74. The summed E-state index contributed by atoms with van der Waals surface area (Å²) in [6.45, 7) is 0.878. The maximum Gasteiger partial charge on any atom is 0.244 e. The van der Waals surface area contributed by atoms with Crippen LogP contribution in [-0.2, 0) is 11.8 Å². The van der Waals surface area contributed by atoms with E-state index in [0.29, 0.717) is 11.3 Å². The van der Waals surface area contributed by atoms with Gasteiger partial charge in [0.1, 0.15) is 6.04 Å². The van der Waals surface area contributed by atoms with Crippen molar-refractivity contribution in [3.05, 3.63) is 18.0 Å². The molecule has 2 heterocycles. The van der Waals surface area contributed by atoms with Gasteiger partial charge in [-0.05, 0) is 19.9 Å². The summed E-state index contributed by atoms with van der Waals surface area (Å²) in [5.41, 5.74) is 0.954. The highest BCUT2D eigenvalue weighted by Crippen LogP contribution is 2.36. The molecule has 2 aliphatic rings. The number of nitrogens with zero attached hydrogens (tertiary/aromatic N) is 3. The fourth-order valence-corrected chi connectivity index (χ4v) is 5.00. The van der Waals surface area contributed by atoms with Gasteiger partial charge < -0.3 is 10.2 Å². The highest BCUT2D eigenvalue weighted by atomic mass is 35.5. The molecule has 0 radical (unpaired) electrons. The Balaban J connectivity index is 0.00000176. The number of amides is 1. The van der Waals surface area contributed by atoms with Crippen LogP contribution in [0.25, 0.3) is 0 Å². The Kier molecular flexibility index (Phi) is 6.17. The molecular weight excluding hydrogens is 320 g/mol. The molecule has 1 aromatic rings. The molecule has 1 saturated heterocycles. The van der Waals surface area contributed by atoms with E-state index < -0.39 is 0 Å².